The zero-order valence-electron chi connectivity index (χ0n) is 13.0. The first-order valence-electron chi connectivity index (χ1n) is 7.51. The molecule has 0 fully saturated rings. The molecule has 4 rings (SSSR count). The lowest BCUT2D eigenvalue weighted by atomic mass is 10.1. The summed E-state index contributed by atoms with van der Waals surface area (Å²) in [7, 11) is 0. The van der Waals surface area contributed by atoms with Gasteiger partial charge in [-0.1, -0.05) is 30.3 Å². The monoisotopic (exact) mass is 303 g/mol. The Bertz CT molecular complexity index is 995. The highest BCUT2D eigenvalue weighted by Crippen LogP contribution is 2.33. The Hall–Kier alpha value is -3.08. The highest BCUT2D eigenvalue weighted by Gasteiger charge is 2.19. The first-order chi connectivity index (χ1) is 11.2. The van der Waals surface area contributed by atoms with Crippen LogP contribution in [0.5, 0.6) is 0 Å². The third-order valence-electron chi connectivity index (χ3n) is 4.16. The zero-order valence-corrected chi connectivity index (χ0v) is 13.0. The van der Waals surface area contributed by atoms with E-state index in [2.05, 4.69) is 17.1 Å². The number of aromatic amines is 1. The van der Waals surface area contributed by atoms with Crippen LogP contribution in [-0.4, -0.2) is 20.0 Å². The molecule has 2 aromatic heterocycles. The third-order valence-corrected chi connectivity index (χ3v) is 4.16. The molecule has 0 unspecified atom stereocenters. The van der Waals surface area contributed by atoms with E-state index in [-0.39, 0.29) is 0 Å². The number of nitrogens with zero attached hydrogens (tertiary/aromatic N) is 3. The molecule has 4 aromatic rings. The molecule has 0 spiro atoms. The van der Waals surface area contributed by atoms with Gasteiger partial charge in [-0.3, -0.25) is 5.10 Å². The number of rotatable bonds is 2. The summed E-state index contributed by atoms with van der Waals surface area (Å²) in [6.07, 6.45) is 0. The van der Waals surface area contributed by atoms with Crippen LogP contribution in [0.2, 0.25) is 0 Å². The van der Waals surface area contributed by atoms with Crippen molar-refractivity contribution in [2.75, 3.05) is 5.73 Å². The minimum Gasteiger partial charge on any atom is -0.397 e. The first kappa shape index (κ1) is 13.6. The predicted molar refractivity (Wildman–Crippen MR) is 92.5 cm³/mol. The standard InChI is InChI=1S/C18H17N5/c1-11-16(12(2)23(22-11)13-7-4-3-5-8-13)18-14-9-6-10-15(19)17(14)20-21-18/h3-10H,19H2,1-2H3,(H,20,21). The van der Waals surface area contributed by atoms with Crippen molar-refractivity contribution in [1.82, 2.24) is 20.0 Å². The number of hydrogen-bond donors (Lipinski definition) is 2. The van der Waals surface area contributed by atoms with Gasteiger partial charge in [0.25, 0.3) is 0 Å². The van der Waals surface area contributed by atoms with Crippen molar-refractivity contribution < 1.29 is 0 Å². The summed E-state index contributed by atoms with van der Waals surface area (Å²) >= 11 is 0. The molecule has 0 atom stereocenters. The fraction of sp³-hybridized carbons (Fsp3) is 0.111. The van der Waals surface area contributed by atoms with E-state index < -0.39 is 0 Å². The summed E-state index contributed by atoms with van der Waals surface area (Å²) in [4.78, 5) is 0. The molecule has 0 saturated carbocycles. The Morgan fingerprint density at radius 2 is 1.78 bits per heavy atom. The van der Waals surface area contributed by atoms with Crippen molar-refractivity contribution in [3.63, 3.8) is 0 Å². The Balaban J connectivity index is 1.96. The number of hydrogen-bond acceptors (Lipinski definition) is 3. The van der Waals surface area contributed by atoms with Crippen LogP contribution < -0.4 is 5.73 Å². The first-order valence-corrected chi connectivity index (χ1v) is 7.51. The molecule has 0 saturated heterocycles. The smallest absolute Gasteiger partial charge is 0.104 e. The van der Waals surface area contributed by atoms with Crippen molar-refractivity contribution >= 4 is 16.6 Å². The molecule has 0 radical (unpaired) electrons. The topological polar surface area (TPSA) is 72.5 Å². The Morgan fingerprint density at radius 3 is 2.57 bits per heavy atom. The van der Waals surface area contributed by atoms with E-state index >= 15 is 0 Å². The van der Waals surface area contributed by atoms with Gasteiger partial charge in [-0.15, -0.1) is 0 Å². The Labute approximate surface area is 133 Å². The molecule has 0 aliphatic rings. The zero-order chi connectivity index (χ0) is 16.0. The second kappa shape index (κ2) is 4.98. The molecule has 3 N–H and O–H groups in total. The summed E-state index contributed by atoms with van der Waals surface area (Å²) in [5, 5.41) is 13.3. The molecular formula is C18H17N5. The normalized spacial score (nSPS) is 11.2. The van der Waals surface area contributed by atoms with Gasteiger partial charge in [0.1, 0.15) is 5.69 Å². The van der Waals surface area contributed by atoms with Crippen LogP contribution in [0.15, 0.2) is 48.5 Å². The average Bonchev–Trinajstić information content (AvgIpc) is 3.10. The second-order valence-corrected chi connectivity index (χ2v) is 5.64. The van der Waals surface area contributed by atoms with Gasteiger partial charge in [-0.05, 0) is 32.0 Å². The third kappa shape index (κ3) is 2.01. The summed E-state index contributed by atoms with van der Waals surface area (Å²) in [6.45, 7) is 4.07. The highest BCUT2D eigenvalue weighted by molar-refractivity contribution is 5.99. The van der Waals surface area contributed by atoms with Crippen molar-refractivity contribution in [2.24, 2.45) is 0 Å². The van der Waals surface area contributed by atoms with Crippen molar-refractivity contribution in [3.05, 3.63) is 59.9 Å². The molecular weight excluding hydrogens is 286 g/mol. The lowest BCUT2D eigenvalue weighted by Gasteiger charge is -2.04. The van der Waals surface area contributed by atoms with E-state index in [0.29, 0.717) is 5.69 Å². The Kier molecular flexibility index (Phi) is 2.94. The van der Waals surface area contributed by atoms with Crippen molar-refractivity contribution in [1.29, 1.82) is 0 Å². The molecule has 0 amide bonds. The van der Waals surface area contributed by atoms with Gasteiger partial charge in [-0.25, -0.2) is 4.68 Å². The van der Waals surface area contributed by atoms with E-state index in [4.69, 9.17) is 10.8 Å². The van der Waals surface area contributed by atoms with Gasteiger partial charge in [0.05, 0.1) is 28.3 Å². The number of aromatic nitrogens is 4. The van der Waals surface area contributed by atoms with Gasteiger partial charge in [-0.2, -0.15) is 10.2 Å². The molecule has 2 heterocycles. The number of para-hydroxylation sites is 2. The van der Waals surface area contributed by atoms with Crippen LogP contribution in [0.3, 0.4) is 0 Å². The molecule has 23 heavy (non-hydrogen) atoms. The number of aryl methyl sites for hydroxylation is 1. The predicted octanol–water partition coefficient (Wildman–Crippen LogP) is 3.61. The maximum absolute atomic E-state index is 6.03. The Morgan fingerprint density at radius 1 is 1.00 bits per heavy atom. The van der Waals surface area contributed by atoms with Crippen LogP contribution in [0, 0.1) is 13.8 Å². The van der Waals surface area contributed by atoms with Crippen LogP contribution >= 0.6 is 0 Å². The molecule has 0 aliphatic heterocycles. The summed E-state index contributed by atoms with van der Waals surface area (Å²) in [6, 6.07) is 16.0. The maximum Gasteiger partial charge on any atom is 0.104 e. The van der Waals surface area contributed by atoms with Gasteiger partial charge >= 0.3 is 0 Å². The molecule has 2 aromatic carbocycles. The molecule has 5 nitrogen and oxygen atoms in total. The summed E-state index contributed by atoms with van der Waals surface area (Å²) in [5.74, 6) is 0. The lowest BCUT2D eigenvalue weighted by Crippen LogP contribution is -1.98. The van der Waals surface area contributed by atoms with E-state index in [0.717, 1.165) is 39.2 Å². The molecule has 5 heteroatoms. The minimum absolute atomic E-state index is 0.701. The molecule has 0 aliphatic carbocycles. The average molecular weight is 303 g/mol. The lowest BCUT2D eigenvalue weighted by molar-refractivity contribution is 0.834. The quantitative estimate of drug-likeness (QED) is 0.556. The summed E-state index contributed by atoms with van der Waals surface area (Å²) < 4.78 is 1.96. The van der Waals surface area contributed by atoms with E-state index in [1.807, 2.05) is 60.1 Å². The van der Waals surface area contributed by atoms with Gasteiger partial charge < -0.3 is 5.73 Å². The fourth-order valence-electron chi connectivity index (χ4n) is 3.06. The van der Waals surface area contributed by atoms with Crippen LogP contribution in [-0.2, 0) is 0 Å². The number of anilines is 1. The van der Waals surface area contributed by atoms with Gasteiger partial charge in [0.15, 0.2) is 0 Å². The number of benzene rings is 2. The molecule has 114 valence electrons. The second-order valence-electron chi connectivity index (χ2n) is 5.64. The van der Waals surface area contributed by atoms with Crippen molar-refractivity contribution in [2.45, 2.75) is 13.8 Å². The number of H-pyrrole nitrogens is 1. The maximum atomic E-state index is 6.03. The summed E-state index contributed by atoms with van der Waals surface area (Å²) in [5.41, 5.74) is 12.6. The van der Waals surface area contributed by atoms with Gasteiger partial charge in [0, 0.05) is 10.9 Å². The minimum atomic E-state index is 0.701. The van der Waals surface area contributed by atoms with Crippen LogP contribution in [0.25, 0.3) is 27.8 Å². The molecule has 0 bridgehead atoms. The SMILES string of the molecule is Cc1nn(-c2ccccc2)c(C)c1-c1n[nH]c2c(N)cccc12. The van der Waals surface area contributed by atoms with E-state index in [1.165, 1.54) is 0 Å². The fourth-order valence-corrected chi connectivity index (χ4v) is 3.06. The van der Waals surface area contributed by atoms with Crippen LogP contribution in [0.1, 0.15) is 11.4 Å². The van der Waals surface area contributed by atoms with Crippen molar-refractivity contribution in [3.8, 4) is 16.9 Å². The van der Waals surface area contributed by atoms with Crippen LogP contribution in [0.4, 0.5) is 5.69 Å². The highest BCUT2D eigenvalue weighted by atomic mass is 15.3. The van der Waals surface area contributed by atoms with E-state index in [1.54, 1.807) is 0 Å². The largest absolute Gasteiger partial charge is 0.397 e. The van der Waals surface area contributed by atoms with E-state index in [9.17, 15) is 0 Å². The number of fused-ring (bicyclic) bond motifs is 1. The number of nitrogen functional groups attached to an aromatic ring is 1. The number of nitrogens with one attached hydrogen (secondary N) is 1. The van der Waals surface area contributed by atoms with Gasteiger partial charge in [0.2, 0.25) is 0 Å². The number of nitrogens with two attached hydrogens (primary N) is 1.